The third kappa shape index (κ3) is 5.84. The van der Waals surface area contributed by atoms with Crippen molar-refractivity contribution < 1.29 is 38.8 Å². The van der Waals surface area contributed by atoms with E-state index in [1.165, 1.54) is 0 Å². The van der Waals surface area contributed by atoms with E-state index in [4.69, 9.17) is 10.2 Å². The molecule has 1 aliphatic carbocycles. The van der Waals surface area contributed by atoms with E-state index in [9.17, 15) is 13.2 Å². The summed E-state index contributed by atoms with van der Waals surface area (Å²) in [6.07, 6.45) is -1.82. The number of aromatic nitrogens is 2. The molecule has 2 N–H and O–H groups in total. The van der Waals surface area contributed by atoms with E-state index in [0.29, 0.717) is 24.6 Å². The quantitative estimate of drug-likeness (QED) is 0.630. The van der Waals surface area contributed by atoms with Gasteiger partial charge in [-0.05, 0) is 12.8 Å². The maximum Gasteiger partial charge on any atom is 2.00 e. The van der Waals surface area contributed by atoms with Crippen LogP contribution in [0.1, 0.15) is 43.4 Å². The SMILES string of the molecule is [CH2-][C@@H](N)CC[CH-]c1nnc(C2CC(OC(F)(F)F)C2)o1.[Ni+2]. The number of hydrogen-bond donors (Lipinski definition) is 1. The van der Waals surface area contributed by atoms with Crippen molar-refractivity contribution in [3.05, 3.63) is 25.1 Å². The number of nitrogens with zero attached hydrogens (tertiary/aromatic N) is 2. The molecule has 21 heavy (non-hydrogen) atoms. The second kappa shape index (κ2) is 7.47. The molecule has 9 heteroatoms. The van der Waals surface area contributed by atoms with Gasteiger partial charge < -0.3 is 23.5 Å². The van der Waals surface area contributed by atoms with Crippen molar-refractivity contribution in [2.45, 2.75) is 50.1 Å². The molecular formula is C12H16F3N3NiO2. The zero-order chi connectivity index (χ0) is 14.8. The number of ether oxygens (including phenoxy) is 1. The Bertz CT molecular complexity index is 434. The summed E-state index contributed by atoms with van der Waals surface area (Å²) in [6, 6.07) is -0.152. The molecule has 2 rings (SSSR count). The van der Waals surface area contributed by atoms with Gasteiger partial charge in [-0.1, -0.05) is 6.42 Å². The van der Waals surface area contributed by atoms with Gasteiger partial charge in [-0.3, -0.25) is 4.74 Å². The first-order valence-electron chi connectivity index (χ1n) is 6.33. The zero-order valence-corrected chi connectivity index (χ0v) is 12.1. The van der Waals surface area contributed by atoms with Gasteiger partial charge in [0.1, 0.15) is 0 Å². The molecule has 5 nitrogen and oxygen atoms in total. The van der Waals surface area contributed by atoms with Crippen molar-refractivity contribution in [3.63, 3.8) is 0 Å². The van der Waals surface area contributed by atoms with Crippen molar-refractivity contribution in [1.82, 2.24) is 10.2 Å². The average molecular weight is 350 g/mol. The molecule has 1 fully saturated rings. The summed E-state index contributed by atoms with van der Waals surface area (Å²) in [7, 11) is 0. The number of halogens is 3. The molecule has 0 spiro atoms. The third-order valence-corrected chi connectivity index (χ3v) is 3.06. The van der Waals surface area contributed by atoms with Crippen LogP contribution in [0.2, 0.25) is 0 Å². The number of alkyl halides is 3. The van der Waals surface area contributed by atoms with E-state index in [0.717, 1.165) is 0 Å². The van der Waals surface area contributed by atoms with Crippen LogP contribution in [-0.4, -0.2) is 28.7 Å². The molecule has 122 valence electrons. The van der Waals surface area contributed by atoms with E-state index >= 15 is 0 Å². The Kier molecular flexibility index (Phi) is 6.49. The Hall–Kier alpha value is -0.786. The minimum Gasteiger partial charge on any atom is -0.456 e. The molecule has 0 radical (unpaired) electrons. The maximum absolute atomic E-state index is 12.0. The van der Waals surface area contributed by atoms with Gasteiger partial charge >= 0.3 is 22.9 Å². The molecule has 0 amide bonds. The van der Waals surface area contributed by atoms with Crippen LogP contribution in [0.5, 0.6) is 0 Å². The van der Waals surface area contributed by atoms with Gasteiger partial charge in [-0.2, -0.15) is 6.42 Å². The molecule has 1 aromatic rings. The predicted octanol–water partition coefficient (Wildman–Crippen LogP) is 2.34. The van der Waals surface area contributed by atoms with Gasteiger partial charge in [0, 0.05) is 5.92 Å². The number of rotatable bonds is 6. The van der Waals surface area contributed by atoms with Crippen LogP contribution < -0.4 is 5.73 Å². The van der Waals surface area contributed by atoms with Crippen LogP contribution in [0.3, 0.4) is 0 Å². The molecular weight excluding hydrogens is 334 g/mol. The van der Waals surface area contributed by atoms with Crippen LogP contribution >= 0.6 is 0 Å². The van der Waals surface area contributed by atoms with E-state index in [-0.39, 0.29) is 41.3 Å². The standard InChI is InChI=1S/C12H16F3N3O2.Ni/c1-7(16)3-2-4-10-17-18-11(19-10)8-5-9(6-8)20-12(13,14)15;/h4,7-9H,1-3,5-6,16H2;/q-2;+2/t7-,8?,9?;/m1./s1. The Morgan fingerprint density at radius 3 is 2.67 bits per heavy atom. The van der Waals surface area contributed by atoms with Crippen molar-refractivity contribution >= 4 is 0 Å². The Labute approximate surface area is 130 Å². The Morgan fingerprint density at radius 1 is 1.43 bits per heavy atom. The summed E-state index contributed by atoms with van der Waals surface area (Å²) >= 11 is 0. The van der Waals surface area contributed by atoms with Crippen LogP contribution in [-0.2, 0) is 21.2 Å². The second-order valence-electron chi connectivity index (χ2n) is 4.87. The van der Waals surface area contributed by atoms with Crippen LogP contribution in [0.4, 0.5) is 13.2 Å². The van der Waals surface area contributed by atoms with Gasteiger partial charge in [0.25, 0.3) is 0 Å². The Balaban J connectivity index is 0.00000220. The van der Waals surface area contributed by atoms with Crippen molar-refractivity contribution in [2.75, 3.05) is 0 Å². The first-order chi connectivity index (χ1) is 9.33. The fourth-order valence-corrected chi connectivity index (χ4v) is 1.97. The van der Waals surface area contributed by atoms with Gasteiger partial charge in [-0.15, -0.1) is 29.4 Å². The summed E-state index contributed by atoms with van der Waals surface area (Å²) in [6.45, 7) is 3.65. The molecule has 0 aromatic carbocycles. The summed E-state index contributed by atoms with van der Waals surface area (Å²) in [4.78, 5) is 0. The Morgan fingerprint density at radius 2 is 2.10 bits per heavy atom. The topological polar surface area (TPSA) is 74.2 Å². The average Bonchev–Trinajstić information content (AvgIpc) is 2.69. The summed E-state index contributed by atoms with van der Waals surface area (Å²) < 4.78 is 45.2. The third-order valence-electron chi connectivity index (χ3n) is 3.06. The predicted molar refractivity (Wildman–Crippen MR) is 63.2 cm³/mol. The zero-order valence-electron chi connectivity index (χ0n) is 11.1. The molecule has 0 aliphatic heterocycles. The summed E-state index contributed by atoms with van der Waals surface area (Å²) in [5.41, 5.74) is 5.50. The van der Waals surface area contributed by atoms with Gasteiger partial charge in [0.15, 0.2) is 0 Å². The van der Waals surface area contributed by atoms with E-state index in [1.54, 1.807) is 6.42 Å². The molecule has 0 unspecified atom stereocenters. The van der Waals surface area contributed by atoms with Crippen LogP contribution in [0, 0.1) is 13.3 Å². The summed E-state index contributed by atoms with van der Waals surface area (Å²) in [5.74, 6) is 0.560. The second-order valence-corrected chi connectivity index (χ2v) is 4.87. The fraction of sp³-hybridized carbons (Fsp3) is 0.667. The molecule has 1 aromatic heterocycles. The molecule has 1 atom stereocenters. The van der Waals surface area contributed by atoms with Crippen molar-refractivity contribution in [2.24, 2.45) is 5.73 Å². The fourth-order valence-electron chi connectivity index (χ4n) is 1.97. The maximum atomic E-state index is 12.0. The molecule has 1 aliphatic rings. The van der Waals surface area contributed by atoms with Gasteiger partial charge in [0.2, 0.25) is 5.89 Å². The molecule has 1 saturated carbocycles. The minimum atomic E-state index is -4.59. The molecule has 0 saturated heterocycles. The molecule has 0 bridgehead atoms. The van der Waals surface area contributed by atoms with E-state index in [2.05, 4.69) is 21.9 Å². The number of hydrogen-bond acceptors (Lipinski definition) is 5. The largest absolute Gasteiger partial charge is 2.00 e. The minimum absolute atomic E-state index is 0. The normalized spacial score (nSPS) is 23.1. The monoisotopic (exact) mass is 349 g/mol. The van der Waals surface area contributed by atoms with Crippen LogP contribution in [0.25, 0.3) is 0 Å². The summed E-state index contributed by atoms with van der Waals surface area (Å²) in [5, 5.41) is 7.65. The van der Waals surface area contributed by atoms with Crippen molar-refractivity contribution in [1.29, 1.82) is 0 Å². The first kappa shape index (κ1) is 18.3. The van der Waals surface area contributed by atoms with Crippen molar-refractivity contribution in [3.8, 4) is 0 Å². The molecule has 1 heterocycles. The van der Waals surface area contributed by atoms with Crippen LogP contribution in [0.15, 0.2) is 4.42 Å². The van der Waals surface area contributed by atoms with Gasteiger partial charge in [0.05, 0.1) is 12.0 Å². The van der Waals surface area contributed by atoms with E-state index < -0.39 is 12.5 Å². The van der Waals surface area contributed by atoms with E-state index in [1.807, 2.05) is 0 Å². The first-order valence-corrected chi connectivity index (χ1v) is 6.33. The van der Waals surface area contributed by atoms with Gasteiger partial charge in [-0.25, -0.2) is 0 Å². The smallest absolute Gasteiger partial charge is 0.456 e. The number of nitrogens with two attached hydrogens (primary N) is 1.